The lowest BCUT2D eigenvalue weighted by atomic mass is 9.88. The average molecular weight is 445 g/mol. The van der Waals surface area contributed by atoms with Crippen molar-refractivity contribution in [3.05, 3.63) is 71.4 Å². The standard InChI is InChI=1S/C25H20FN3O4/c1-11(2)20-21(16-7-12(24(30)31)8-18-14(16)3-5-27-18)23(25(32)33)29-22(20)17-9-13(26)10-19-15(17)4-6-28-19/h3-11,27-29H,1-2H3,(H,30,31)(H,32,33). The molecule has 0 saturated heterocycles. The summed E-state index contributed by atoms with van der Waals surface area (Å²) in [5, 5.41) is 21.2. The van der Waals surface area contributed by atoms with Gasteiger partial charge >= 0.3 is 11.9 Å². The minimum Gasteiger partial charge on any atom is -0.478 e. The van der Waals surface area contributed by atoms with Crippen LogP contribution in [-0.4, -0.2) is 37.1 Å². The van der Waals surface area contributed by atoms with Crippen LogP contribution in [0, 0.1) is 5.82 Å². The molecule has 8 heteroatoms. The Labute approximate surface area is 186 Å². The number of carbonyl (C=O) groups is 2. The second kappa shape index (κ2) is 7.37. The summed E-state index contributed by atoms with van der Waals surface area (Å²) in [6.07, 6.45) is 3.38. The lowest BCUT2D eigenvalue weighted by molar-refractivity contribution is 0.0684. The van der Waals surface area contributed by atoms with Gasteiger partial charge in [-0.3, -0.25) is 0 Å². The van der Waals surface area contributed by atoms with Crippen LogP contribution in [0.2, 0.25) is 0 Å². The van der Waals surface area contributed by atoms with Gasteiger partial charge in [-0.25, -0.2) is 14.0 Å². The van der Waals surface area contributed by atoms with Crippen molar-refractivity contribution in [1.82, 2.24) is 15.0 Å². The van der Waals surface area contributed by atoms with Crippen molar-refractivity contribution in [2.45, 2.75) is 19.8 Å². The highest BCUT2D eigenvalue weighted by Gasteiger charge is 2.28. The molecule has 2 aromatic carbocycles. The van der Waals surface area contributed by atoms with Crippen LogP contribution in [0.1, 0.15) is 46.2 Å². The van der Waals surface area contributed by atoms with E-state index >= 15 is 0 Å². The third-order valence-corrected chi connectivity index (χ3v) is 5.92. The van der Waals surface area contributed by atoms with Gasteiger partial charge in [-0.15, -0.1) is 0 Å². The van der Waals surface area contributed by atoms with Crippen LogP contribution in [0.4, 0.5) is 4.39 Å². The molecule has 7 nitrogen and oxygen atoms in total. The maximum atomic E-state index is 14.5. The van der Waals surface area contributed by atoms with Gasteiger partial charge in [-0.1, -0.05) is 13.8 Å². The highest BCUT2D eigenvalue weighted by Crippen LogP contribution is 2.44. The number of aromatic nitrogens is 3. The predicted octanol–water partition coefficient (Wildman–Crippen LogP) is 5.97. The minimum absolute atomic E-state index is 0.0347. The highest BCUT2D eigenvalue weighted by atomic mass is 19.1. The first-order chi connectivity index (χ1) is 15.8. The van der Waals surface area contributed by atoms with Crippen molar-refractivity contribution in [3.63, 3.8) is 0 Å². The fraction of sp³-hybridized carbons (Fsp3) is 0.120. The first-order valence-electron chi connectivity index (χ1n) is 10.4. The first-order valence-corrected chi connectivity index (χ1v) is 10.4. The second-order valence-electron chi connectivity index (χ2n) is 8.28. The largest absolute Gasteiger partial charge is 0.478 e. The molecule has 0 aliphatic carbocycles. The van der Waals surface area contributed by atoms with Gasteiger partial charge in [0.05, 0.1) is 11.3 Å². The molecule has 0 spiro atoms. The maximum Gasteiger partial charge on any atom is 0.352 e. The number of fused-ring (bicyclic) bond motifs is 2. The van der Waals surface area contributed by atoms with Crippen molar-refractivity contribution < 1.29 is 24.2 Å². The number of H-pyrrole nitrogens is 3. The predicted molar refractivity (Wildman–Crippen MR) is 123 cm³/mol. The molecule has 0 radical (unpaired) electrons. The molecule has 33 heavy (non-hydrogen) atoms. The number of carboxylic acid groups (broad SMARTS) is 2. The normalized spacial score (nSPS) is 11.6. The van der Waals surface area contributed by atoms with E-state index in [1.165, 1.54) is 24.3 Å². The zero-order chi connectivity index (χ0) is 23.4. The van der Waals surface area contributed by atoms with Gasteiger partial charge in [-0.2, -0.15) is 0 Å². The summed E-state index contributed by atoms with van der Waals surface area (Å²) >= 11 is 0. The van der Waals surface area contributed by atoms with Crippen molar-refractivity contribution in [2.75, 3.05) is 0 Å². The maximum absolute atomic E-state index is 14.5. The third-order valence-electron chi connectivity index (χ3n) is 5.92. The van der Waals surface area contributed by atoms with Crippen LogP contribution < -0.4 is 0 Å². The molecule has 5 aromatic rings. The summed E-state index contributed by atoms with van der Waals surface area (Å²) in [6.45, 7) is 3.84. The molecule has 3 heterocycles. The summed E-state index contributed by atoms with van der Waals surface area (Å²) in [4.78, 5) is 33.2. The fourth-order valence-electron chi connectivity index (χ4n) is 4.58. The van der Waals surface area contributed by atoms with Gasteiger partial charge in [0, 0.05) is 45.3 Å². The summed E-state index contributed by atoms with van der Waals surface area (Å²) in [7, 11) is 0. The Hall–Kier alpha value is -4.33. The van der Waals surface area contributed by atoms with Gasteiger partial charge in [-0.05, 0) is 53.4 Å². The van der Waals surface area contributed by atoms with Crippen molar-refractivity contribution >= 4 is 33.7 Å². The summed E-state index contributed by atoms with van der Waals surface area (Å²) in [5.41, 5.74) is 3.70. The smallest absolute Gasteiger partial charge is 0.352 e. The number of benzene rings is 2. The van der Waals surface area contributed by atoms with Gasteiger partial charge in [0.1, 0.15) is 11.5 Å². The van der Waals surface area contributed by atoms with E-state index in [4.69, 9.17) is 0 Å². The lowest BCUT2D eigenvalue weighted by Gasteiger charge is -2.14. The van der Waals surface area contributed by atoms with E-state index in [-0.39, 0.29) is 17.2 Å². The van der Waals surface area contributed by atoms with E-state index in [0.717, 1.165) is 5.39 Å². The van der Waals surface area contributed by atoms with Crippen LogP contribution in [0.3, 0.4) is 0 Å². The van der Waals surface area contributed by atoms with Gasteiger partial charge < -0.3 is 25.2 Å². The zero-order valence-electron chi connectivity index (χ0n) is 17.8. The molecule has 0 bridgehead atoms. The minimum atomic E-state index is -1.19. The molecule has 0 unspecified atom stereocenters. The Kier molecular flexibility index (Phi) is 4.59. The SMILES string of the molecule is CC(C)c1c(-c2cc(F)cc3[nH]ccc23)[nH]c(C(=O)O)c1-c1cc(C(=O)O)cc2[nH]ccc12. The fourth-order valence-corrected chi connectivity index (χ4v) is 4.58. The average Bonchev–Trinajstić information content (AvgIpc) is 3.49. The topological polar surface area (TPSA) is 122 Å². The van der Waals surface area contributed by atoms with Gasteiger partial charge in [0.25, 0.3) is 0 Å². The Bertz CT molecular complexity index is 1570. The number of hydrogen-bond acceptors (Lipinski definition) is 2. The molecule has 0 fully saturated rings. The molecule has 166 valence electrons. The van der Waals surface area contributed by atoms with E-state index in [1.807, 2.05) is 19.9 Å². The lowest BCUT2D eigenvalue weighted by Crippen LogP contribution is -2.02. The number of halogens is 1. The van der Waals surface area contributed by atoms with Crippen LogP contribution in [0.15, 0.2) is 48.8 Å². The Balaban J connectivity index is 1.92. The van der Waals surface area contributed by atoms with E-state index in [2.05, 4.69) is 15.0 Å². The molecule has 0 aliphatic heterocycles. The first kappa shape index (κ1) is 20.6. The van der Waals surface area contributed by atoms with E-state index in [1.54, 1.807) is 18.5 Å². The molecule has 0 amide bonds. The van der Waals surface area contributed by atoms with Crippen molar-refractivity contribution in [3.8, 4) is 22.4 Å². The van der Waals surface area contributed by atoms with Crippen molar-refractivity contribution in [1.29, 1.82) is 0 Å². The van der Waals surface area contributed by atoms with Crippen molar-refractivity contribution in [2.24, 2.45) is 0 Å². The Morgan fingerprint density at radius 1 is 0.879 bits per heavy atom. The molecule has 5 N–H and O–H groups in total. The van der Waals surface area contributed by atoms with Crippen LogP contribution in [0.5, 0.6) is 0 Å². The van der Waals surface area contributed by atoms with Gasteiger partial charge in [0.15, 0.2) is 0 Å². The second-order valence-corrected chi connectivity index (χ2v) is 8.28. The van der Waals surface area contributed by atoms with Crippen LogP contribution >= 0.6 is 0 Å². The molecular weight excluding hydrogens is 425 g/mol. The van der Waals surface area contributed by atoms with Crippen LogP contribution in [-0.2, 0) is 0 Å². The van der Waals surface area contributed by atoms with E-state index < -0.39 is 17.8 Å². The highest BCUT2D eigenvalue weighted by molar-refractivity contribution is 6.08. The zero-order valence-corrected chi connectivity index (χ0v) is 17.8. The molecule has 0 aliphatic rings. The number of nitrogens with one attached hydrogen (secondary N) is 3. The number of rotatable bonds is 5. The molecule has 5 rings (SSSR count). The number of aromatic amines is 3. The van der Waals surface area contributed by atoms with E-state index in [0.29, 0.717) is 44.4 Å². The third kappa shape index (κ3) is 3.18. The molecular formula is C25H20FN3O4. The molecule has 0 saturated carbocycles. The molecule has 3 aromatic heterocycles. The van der Waals surface area contributed by atoms with Gasteiger partial charge in [0.2, 0.25) is 0 Å². The van der Waals surface area contributed by atoms with E-state index in [9.17, 15) is 24.2 Å². The Morgan fingerprint density at radius 3 is 2.12 bits per heavy atom. The summed E-state index contributed by atoms with van der Waals surface area (Å²) in [6, 6.07) is 9.36. The number of hydrogen-bond donors (Lipinski definition) is 5. The quantitative estimate of drug-likeness (QED) is 0.229. The Morgan fingerprint density at radius 2 is 1.52 bits per heavy atom. The summed E-state index contributed by atoms with van der Waals surface area (Å²) < 4.78 is 14.5. The number of aromatic carboxylic acids is 2. The summed E-state index contributed by atoms with van der Waals surface area (Å²) in [5.74, 6) is -2.92. The number of carboxylic acids is 2. The van der Waals surface area contributed by atoms with Crippen LogP contribution in [0.25, 0.3) is 44.2 Å². The monoisotopic (exact) mass is 445 g/mol. The molecule has 0 atom stereocenters.